The highest BCUT2D eigenvalue weighted by Gasteiger charge is 2.26. The maximum absolute atomic E-state index is 12.6. The number of nitrogens with zero attached hydrogens (tertiary/aromatic N) is 3. The van der Waals surface area contributed by atoms with E-state index in [9.17, 15) is 4.79 Å². The summed E-state index contributed by atoms with van der Waals surface area (Å²) in [5.41, 5.74) is 9.13. The van der Waals surface area contributed by atoms with E-state index in [2.05, 4.69) is 20.1 Å². The molecular formula is C19H24ClN5O. The first-order valence-electron chi connectivity index (χ1n) is 9.39. The summed E-state index contributed by atoms with van der Waals surface area (Å²) in [6.07, 6.45) is 10.4. The number of aromatic nitrogens is 3. The standard InChI is InChI=1S/C19H24ClN5O/c20-16-11-22-18(24-19(26)12-4-3-5-13(21)8-12)9-14(16)15-10-23-25-7-2-1-6-17(15)25/h9-13H,1-8,21H2,(H,22,24,26)/t12-,13+/m1/s1. The van der Waals surface area contributed by atoms with Gasteiger partial charge >= 0.3 is 0 Å². The van der Waals surface area contributed by atoms with Crippen LogP contribution < -0.4 is 11.1 Å². The monoisotopic (exact) mass is 373 g/mol. The summed E-state index contributed by atoms with van der Waals surface area (Å²) in [5.74, 6) is 0.492. The molecule has 1 aliphatic heterocycles. The van der Waals surface area contributed by atoms with Gasteiger partial charge in [0.1, 0.15) is 5.82 Å². The zero-order valence-electron chi connectivity index (χ0n) is 14.7. The largest absolute Gasteiger partial charge is 0.328 e. The normalized spacial score (nSPS) is 22.7. The maximum atomic E-state index is 12.6. The molecule has 0 saturated heterocycles. The second-order valence-electron chi connectivity index (χ2n) is 7.35. The summed E-state index contributed by atoms with van der Waals surface area (Å²) >= 11 is 6.41. The lowest BCUT2D eigenvalue weighted by Crippen LogP contribution is -2.34. The number of nitrogens with one attached hydrogen (secondary N) is 1. The Balaban J connectivity index is 1.57. The molecule has 1 aliphatic carbocycles. The van der Waals surface area contributed by atoms with E-state index in [1.54, 1.807) is 6.20 Å². The number of anilines is 1. The molecule has 1 fully saturated rings. The molecule has 0 radical (unpaired) electrons. The zero-order valence-corrected chi connectivity index (χ0v) is 15.5. The zero-order chi connectivity index (χ0) is 18.1. The molecule has 0 unspecified atom stereocenters. The van der Waals surface area contributed by atoms with Crippen molar-refractivity contribution in [2.24, 2.45) is 11.7 Å². The number of carbonyl (C=O) groups excluding carboxylic acids is 1. The van der Waals surface area contributed by atoms with Crippen LogP contribution in [0.4, 0.5) is 5.82 Å². The highest BCUT2D eigenvalue weighted by Crippen LogP contribution is 2.34. The van der Waals surface area contributed by atoms with Crippen molar-refractivity contribution in [3.63, 3.8) is 0 Å². The number of halogens is 1. The number of hydrogen-bond acceptors (Lipinski definition) is 4. The van der Waals surface area contributed by atoms with Crippen molar-refractivity contribution in [3.8, 4) is 11.1 Å². The van der Waals surface area contributed by atoms with E-state index in [1.165, 1.54) is 5.69 Å². The molecule has 3 N–H and O–H groups in total. The van der Waals surface area contributed by atoms with Crippen LogP contribution in [0.2, 0.25) is 5.02 Å². The fourth-order valence-electron chi connectivity index (χ4n) is 4.05. The number of fused-ring (bicyclic) bond motifs is 1. The van der Waals surface area contributed by atoms with Crippen molar-refractivity contribution >= 4 is 23.3 Å². The first-order valence-corrected chi connectivity index (χ1v) is 9.76. The molecule has 7 heteroatoms. The van der Waals surface area contributed by atoms with Gasteiger partial charge in [0.25, 0.3) is 0 Å². The third kappa shape index (κ3) is 3.48. The lowest BCUT2D eigenvalue weighted by molar-refractivity contribution is -0.120. The molecular weight excluding hydrogens is 350 g/mol. The van der Waals surface area contributed by atoms with Crippen LogP contribution in [0.3, 0.4) is 0 Å². The van der Waals surface area contributed by atoms with Crippen LogP contribution >= 0.6 is 11.6 Å². The summed E-state index contributed by atoms with van der Waals surface area (Å²) < 4.78 is 2.05. The molecule has 0 aromatic carbocycles. The number of pyridine rings is 1. The van der Waals surface area contributed by atoms with Crippen LogP contribution in [0.25, 0.3) is 11.1 Å². The van der Waals surface area contributed by atoms with Crippen molar-refractivity contribution in [1.29, 1.82) is 0 Å². The third-order valence-electron chi connectivity index (χ3n) is 5.46. The van der Waals surface area contributed by atoms with Crippen LogP contribution in [0.15, 0.2) is 18.5 Å². The third-order valence-corrected chi connectivity index (χ3v) is 5.77. The van der Waals surface area contributed by atoms with E-state index in [0.717, 1.165) is 62.6 Å². The average Bonchev–Trinajstić information content (AvgIpc) is 3.07. The van der Waals surface area contributed by atoms with Gasteiger partial charge < -0.3 is 11.1 Å². The van der Waals surface area contributed by atoms with Crippen molar-refractivity contribution < 1.29 is 4.79 Å². The lowest BCUT2D eigenvalue weighted by atomic mass is 9.85. The predicted molar refractivity (Wildman–Crippen MR) is 102 cm³/mol. The van der Waals surface area contributed by atoms with Crippen molar-refractivity contribution in [2.75, 3.05) is 5.32 Å². The van der Waals surface area contributed by atoms with Gasteiger partial charge in [-0.3, -0.25) is 9.48 Å². The molecule has 2 atom stereocenters. The maximum Gasteiger partial charge on any atom is 0.228 e. The minimum atomic E-state index is -0.0383. The minimum Gasteiger partial charge on any atom is -0.328 e. The topological polar surface area (TPSA) is 85.8 Å². The summed E-state index contributed by atoms with van der Waals surface area (Å²) in [6.45, 7) is 0.948. The fraction of sp³-hybridized carbons (Fsp3) is 0.526. The number of carbonyl (C=O) groups is 1. The van der Waals surface area contributed by atoms with Gasteiger partial charge in [-0.05, 0) is 44.6 Å². The van der Waals surface area contributed by atoms with Gasteiger partial charge in [0.05, 0.1) is 11.2 Å². The SMILES string of the molecule is N[C@H]1CCC[C@@H](C(=O)Nc2cc(-c3cnn4c3CCCC4)c(Cl)cn2)C1. The van der Waals surface area contributed by atoms with Crippen LogP contribution in [-0.4, -0.2) is 26.7 Å². The van der Waals surface area contributed by atoms with Crippen LogP contribution in [0, 0.1) is 5.92 Å². The second-order valence-corrected chi connectivity index (χ2v) is 7.75. The Morgan fingerprint density at radius 1 is 1.23 bits per heavy atom. The van der Waals surface area contributed by atoms with E-state index in [0.29, 0.717) is 10.8 Å². The Morgan fingerprint density at radius 2 is 2.12 bits per heavy atom. The van der Waals surface area contributed by atoms with Crippen LogP contribution in [0.5, 0.6) is 0 Å². The fourth-order valence-corrected chi connectivity index (χ4v) is 4.26. The molecule has 0 spiro atoms. The molecule has 3 heterocycles. The first-order chi connectivity index (χ1) is 12.6. The first kappa shape index (κ1) is 17.5. The van der Waals surface area contributed by atoms with E-state index < -0.39 is 0 Å². The molecule has 0 bridgehead atoms. The van der Waals surface area contributed by atoms with Crippen LogP contribution in [-0.2, 0) is 17.8 Å². The summed E-state index contributed by atoms with van der Waals surface area (Å²) in [5, 5.41) is 8.01. The predicted octanol–water partition coefficient (Wildman–Crippen LogP) is 3.39. The molecule has 6 nitrogen and oxygen atoms in total. The molecule has 1 amide bonds. The number of hydrogen-bond donors (Lipinski definition) is 2. The minimum absolute atomic E-state index is 0.00189. The molecule has 2 aromatic rings. The van der Waals surface area contributed by atoms with E-state index >= 15 is 0 Å². The Labute approximate surface area is 158 Å². The Morgan fingerprint density at radius 3 is 2.96 bits per heavy atom. The lowest BCUT2D eigenvalue weighted by Gasteiger charge is -2.25. The molecule has 1 saturated carbocycles. The van der Waals surface area contributed by atoms with Gasteiger partial charge in [0.15, 0.2) is 0 Å². The van der Waals surface area contributed by atoms with Gasteiger partial charge in [-0.2, -0.15) is 5.10 Å². The number of rotatable bonds is 3. The quantitative estimate of drug-likeness (QED) is 0.863. The van der Waals surface area contributed by atoms with Gasteiger partial charge in [-0.15, -0.1) is 0 Å². The van der Waals surface area contributed by atoms with Gasteiger partial charge in [0, 0.05) is 41.5 Å². The molecule has 138 valence electrons. The van der Waals surface area contributed by atoms with Crippen molar-refractivity contribution in [3.05, 3.63) is 29.2 Å². The Bertz CT molecular complexity index is 818. The van der Waals surface area contributed by atoms with E-state index in [1.807, 2.05) is 12.3 Å². The molecule has 2 aliphatic rings. The van der Waals surface area contributed by atoms with Gasteiger partial charge in [-0.25, -0.2) is 4.98 Å². The number of aryl methyl sites for hydroxylation is 1. The van der Waals surface area contributed by atoms with E-state index in [4.69, 9.17) is 17.3 Å². The molecule has 4 rings (SSSR count). The average molecular weight is 374 g/mol. The van der Waals surface area contributed by atoms with E-state index in [-0.39, 0.29) is 17.9 Å². The van der Waals surface area contributed by atoms with Crippen LogP contribution in [0.1, 0.15) is 44.2 Å². The van der Waals surface area contributed by atoms with Crippen molar-refractivity contribution in [2.45, 2.75) is 57.5 Å². The summed E-state index contributed by atoms with van der Waals surface area (Å²) in [6, 6.07) is 1.97. The van der Waals surface area contributed by atoms with Crippen molar-refractivity contribution in [1.82, 2.24) is 14.8 Å². The Kier molecular flexibility index (Phi) is 4.96. The van der Waals surface area contributed by atoms with Gasteiger partial charge in [0.2, 0.25) is 5.91 Å². The molecule has 2 aromatic heterocycles. The highest BCUT2D eigenvalue weighted by molar-refractivity contribution is 6.33. The van der Waals surface area contributed by atoms with Gasteiger partial charge in [-0.1, -0.05) is 18.0 Å². The number of amides is 1. The summed E-state index contributed by atoms with van der Waals surface area (Å²) in [7, 11) is 0. The second kappa shape index (κ2) is 7.37. The molecule has 26 heavy (non-hydrogen) atoms. The smallest absolute Gasteiger partial charge is 0.228 e. The number of nitrogens with two attached hydrogens (primary N) is 1. The summed E-state index contributed by atoms with van der Waals surface area (Å²) in [4.78, 5) is 16.9. The highest BCUT2D eigenvalue weighted by atomic mass is 35.5. The Hall–Kier alpha value is -1.92.